The van der Waals surface area contributed by atoms with Crippen molar-refractivity contribution in [3.63, 3.8) is 0 Å². The van der Waals surface area contributed by atoms with Crippen molar-refractivity contribution in [2.75, 3.05) is 10.2 Å². The van der Waals surface area contributed by atoms with Gasteiger partial charge in [-0.15, -0.1) is 0 Å². The topological polar surface area (TPSA) is 15.3 Å². The van der Waals surface area contributed by atoms with Crippen LogP contribution < -0.4 is 10.2 Å². The highest BCUT2D eigenvalue weighted by Crippen LogP contribution is 2.54. The first-order valence-corrected chi connectivity index (χ1v) is 24.4. The minimum atomic E-state index is -0.163. The molecular weight excluding hydrogens is 833 g/mol. The molecule has 0 amide bonds. The summed E-state index contributed by atoms with van der Waals surface area (Å²) in [4.78, 5) is 2.53. The van der Waals surface area contributed by atoms with E-state index in [9.17, 15) is 0 Å². The quantitative estimate of drug-likeness (QED) is 0.164. The van der Waals surface area contributed by atoms with Gasteiger partial charge in [0.15, 0.2) is 0 Å². The first-order chi connectivity index (χ1) is 33.4. The lowest BCUT2D eigenvalue weighted by Crippen LogP contribution is -2.18. The maximum Gasteiger partial charge on any atom is 0.0473 e. The molecule has 0 saturated heterocycles. The number of fused-ring (bicyclic) bond motifs is 7. The molecule has 2 heteroatoms. The van der Waals surface area contributed by atoms with Gasteiger partial charge in [0.05, 0.1) is 0 Å². The minimum absolute atomic E-state index is 0.163. The standard InChI is InChI=1S/C67H56N2/c1-42-33-43(2)65(44(3)34-42)50-35-49(59-38-47-19-11-12-20-48(47)39-64(59)68-51-27-25-46(26-28-51)45-17-9-8-10-18-45)36-54(37-50)69(52-29-31-57-55-21-13-15-23-60(55)66(4,5)62(57)40-52)53-30-32-58-56-22-14-16-24-61(56)67(6,7)63(58)41-53/h8-41,68H,1-7H3. The smallest absolute Gasteiger partial charge is 0.0473 e. The molecule has 0 aromatic heterocycles. The van der Waals surface area contributed by atoms with Gasteiger partial charge in [-0.05, 0) is 182 Å². The number of nitrogens with zero attached hydrogens (tertiary/aromatic N) is 1. The lowest BCUT2D eigenvalue weighted by Gasteiger charge is -2.31. The third-order valence-corrected chi connectivity index (χ3v) is 15.3. The fraction of sp³-hybridized carbons (Fsp3) is 0.134. The Morgan fingerprint density at radius 3 is 1.43 bits per heavy atom. The zero-order chi connectivity index (χ0) is 47.2. The van der Waals surface area contributed by atoms with E-state index in [1.807, 2.05) is 0 Å². The predicted molar refractivity (Wildman–Crippen MR) is 294 cm³/mol. The fourth-order valence-corrected chi connectivity index (χ4v) is 11.9. The molecule has 0 atom stereocenters. The van der Waals surface area contributed by atoms with Gasteiger partial charge in [0.25, 0.3) is 0 Å². The first kappa shape index (κ1) is 42.4. The van der Waals surface area contributed by atoms with E-state index in [4.69, 9.17) is 0 Å². The SMILES string of the molecule is Cc1cc(C)c(-c2cc(-c3cc4ccccc4cc3Nc3ccc(-c4ccccc4)cc3)cc(N(c3ccc4c(c3)C(C)(C)c3ccccc3-4)c3ccc4c(c3)C(C)(C)c3ccccc3-4)c2)c(C)c1. The van der Waals surface area contributed by atoms with Crippen LogP contribution in [-0.2, 0) is 10.8 Å². The Bertz CT molecular complexity index is 3540. The maximum absolute atomic E-state index is 3.92. The Hall–Kier alpha value is -7.94. The molecule has 0 saturated carbocycles. The van der Waals surface area contributed by atoms with Crippen LogP contribution in [0.1, 0.15) is 66.6 Å². The molecular formula is C67H56N2. The molecule has 0 unspecified atom stereocenters. The van der Waals surface area contributed by atoms with E-state index >= 15 is 0 Å². The first-order valence-electron chi connectivity index (χ1n) is 24.4. The largest absolute Gasteiger partial charge is 0.355 e. The molecule has 2 nitrogen and oxygen atoms in total. The monoisotopic (exact) mass is 888 g/mol. The third kappa shape index (κ3) is 7.08. The van der Waals surface area contributed by atoms with Crippen molar-refractivity contribution < 1.29 is 0 Å². The summed E-state index contributed by atoms with van der Waals surface area (Å²) in [5.41, 5.74) is 26.8. The second-order valence-electron chi connectivity index (χ2n) is 20.5. The number of anilines is 5. The summed E-state index contributed by atoms with van der Waals surface area (Å²) in [6.07, 6.45) is 0. The maximum atomic E-state index is 3.92. The van der Waals surface area contributed by atoms with Gasteiger partial charge < -0.3 is 10.2 Å². The molecule has 0 aliphatic heterocycles. The van der Waals surface area contributed by atoms with Gasteiger partial charge in [0, 0.05) is 44.8 Å². The summed E-state index contributed by atoms with van der Waals surface area (Å²) in [5, 5.41) is 6.31. The van der Waals surface area contributed by atoms with Crippen LogP contribution in [0.2, 0.25) is 0 Å². The van der Waals surface area contributed by atoms with E-state index < -0.39 is 0 Å². The molecule has 10 aromatic rings. The van der Waals surface area contributed by atoms with Crippen molar-refractivity contribution in [1.82, 2.24) is 0 Å². The Labute approximate surface area is 407 Å². The summed E-state index contributed by atoms with van der Waals surface area (Å²) in [6.45, 7) is 16.3. The Morgan fingerprint density at radius 1 is 0.348 bits per heavy atom. The number of rotatable bonds is 8. The van der Waals surface area contributed by atoms with Crippen molar-refractivity contribution in [2.24, 2.45) is 0 Å². The van der Waals surface area contributed by atoms with Gasteiger partial charge in [0.1, 0.15) is 0 Å². The molecule has 2 aliphatic rings. The van der Waals surface area contributed by atoms with E-state index in [0.29, 0.717) is 0 Å². The van der Waals surface area contributed by atoms with E-state index in [0.717, 1.165) is 39.6 Å². The fourth-order valence-electron chi connectivity index (χ4n) is 11.9. The van der Waals surface area contributed by atoms with Crippen LogP contribution in [0, 0.1) is 20.8 Å². The van der Waals surface area contributed by atoms with E-state index in [-0.39, 0.29) is 10.8 Å². The summed E-state index contributed by atoms with van der Waals surface area (Å²) in [6, 6.07) is 77.1. The third-order valence-electron chi connectivity index (χ3n) is 15.3. The number of hydrogen-bond acceptors (Lipinski definition) is 2. The van der Waals surface area contributed by atoms with Crippen LogP contribution in [0.25, 0.3) is 66.4 Å². The van der Waals surface area contributed by atoms with Gasteiger partial charge in [0.2, 0.25) is 0 Å². The van der Waals surface area contributed by atoms with Gasteiger partial charge in [-0.1, -0.05) is 173 Å². The van der Waals surface area contributed by atoms with Crippen LogP contribution in [0.15, 0.2) is 206 Å². The summed E-state index contributed by atoms with van der Waals surface area (Å²) >= 11 is 0. The number of aryl methyl sites for hydroxylation is 3. The minimum Gasteiger partial charge on any atom is -0.355 e. The van der Waals surface area contributed by atoms with Gasteiger partial charge in [-0.2, -0.15) is 0 Å². The highest BCUT2D eigenvalue weighted by molar-refractivity contribution is 5.98. The summed E-state index contributed by atoms with van der Waals surface area (Å²) in [7, 11) is 0. The highest BCUT2D eigenvalue weighted by atomic mass is 15.1. The van der Waals surface area contributed by atoms with Crippen molar-refractivity contribution in [3.05, 3.63) is 245 Å². The second kappa shape index (κ2) is 16.1. The van der Waals surface area contributed by atoms with Crippen molar-refractivity contribution in [2.45, 2.75) is 59.3 Å². The zero-order valence-electron chi connectivity index (χ0n) is 40.6. The van der Waals surface area contributed by atoms with Crippen molar-refractivity contribution in [1.29, 1.82) is 0 Å². The van der Waals surface area contributed by atoms with Gasteiger partial charge in [-0.3, -0.25) is 0 Å². The molecule has 69 heavy (non-hydrogen) atoms. The average molecular weight is 889 g/mol. The van der Waals surface area contributed by atoms with Crippen LogP contribution in [0.5, 0.6) is 0 Å². The lowest BCUT2D eigenvalue weighted by molar-refractivity contribution is 0.660. The molecule has 334 valence electrons. The van der Waals surface area contributed by atoms with Crippen molar-refractivity contribution >= 4 is 39.2 Å². The molecule has 2 aliphatic carbocycles. The second-order valence-corrected chi connectivity index (χ2v) is 20.5. The molecule has 0 radical (unpaired) electrons. The zero-order valence-corrected chi connectivity index (χ0v) is 40.6. The van der Waals surface area contributed by atoms with Crippen LogP contribution >= 0.6 is 0 Å². The predicted octanol–water partition coefficient (Wildman–Crippen LogP) is 18.6. The Balaban J connectivity index is 1.10. The number of hydrogen-bond donors (Lipinski definition) is 1. The van der Waals surface area contributed by atoms with Gasteiger partial charge in [-0.25, -0.2) is 0 Å². The summed E-state index contributed by atoms with van der Waals surface area (Å²) in [5.74, 6) is 0. The average Bonchev–Trinajstić information content (AvgIpc) is 3.73. The van der Waals surface area contributed by atoms with Crippen LogP contribution in [-0.4, -0.2) is 0 Å². The number of nitrogens with one attached hydrogen (secondary N) is 1. The van der Waals surface area contributed by atoms with E-state index in [2.05, 4.69) is 265 Å². The van der Waals surface area contributed by atoms with Crippen LogP contribution in [0.3, 0.4) is 0 Å². The van der Waals surface area contributed by atoms with Gasteiger partial charge >= 0.3 is 0 Å². The normalized spacial score (nSPS) is 13.7. The molecule has 0 fully saturated rings. The molecule has 1 N–H and O–H groups in total. The molecule has 0 heterocycles. The molecule has 12 rings (SSSR count). The molecule has 0 spiro atoms. The van der Waals surface area contributed by atoms with E-state index in [1.165, 1.54) is 94.2 Å². The van der Waals surface area contributed by atoms with Crippen LogP contribution in [0.4, 0.5) is 28.4 Å². The van der Waals surface area contributed by atoms with E-state index in [1.54, 1.807) is 0 Å². The molecule has 0 bridgehead atoms. The highest BCUT2D eigenvalue weighted by Gasteiger charge is 2.38. The Kier molecular flexibility index (Phi) is 9.90. The molecule has 10 aromatic carbocycles. The Morgan fingerprint density at radius 2 is 0.841 bits per heavy atom. The number of benzene rings is 10. The lowest BCUT2D eigenvalue weighted by atomic mass is 9.82. The summed E-state index contributed by atoms with van der Waals surface area (Å²) < 4.78 is 0. The van der Waals surface area contributed by atoms with Crippen molar-refractivity contribution in [3.8, 4) is 55.6 Å².